The van der Waals surface area contributed by atoms with Gasteiger partial charge in [0.15, 0.2) is 0 Å². The maximum Gasteiger partial charge on any atom is 0.140 e. The third-order valence-electron chi connectivity index (χ3n) is 3.96. The van der Waals surface area contributed by atoms with Gasteiger partial charge < -0.3 is 4.74 Å². The van der Waals surface area contributed by atoms with E-state index in [1.54, 1.807) is 14.0 Å². The van der Waals surface area contributed by atoms with Crippen molar-refractivity contribution in [2.24, 2.45) is 0 Å². The summed E-state index contributed by atoms with van der Waals surface area (Å²) in [6, 6.07) is 7.62. The Morgan fingerprint density at radius 2 is 1.83 bits per heavy atom. The molecular weight excluding hydrogens is 228 g/mol. The monoisotopic (exact) mass is 246 g/mol. The molecule has 96 valence electrons. The molecule has 0 saturated heterocycles. The summed E-state index contributed by atoms with van der Waals surface area (Å²) in [5.74, 6) is 1.11. The first-order valence-corrected chi connectivity index (χ1v) is 6.26. The molecule has 0 aliphatic heterocycles. The van der Waals surface area contributed by atoms with E-state index in [0.717, 1.165) is 11.3 Å². The maximum atomic E-state index is 12.1. The number of benzene rings is 1. The predicted octanol–water partition coefficient (Wildman–Crippen LogP) is 2.67. The van der Waals surface area contributed by atoms with E-state index in [-0.39, 0.29) is 11.6 Å². The van der Waals surface area contributed by atoms with Gasteiger partial charge in [0.2, 0.25) is 0 Å². The molecule has 1 aromatic carbocycles. The summed E-state index contributed by atoms with van der Waals surface area (Å²) >= 11 is 0. The van der Waals surface area contributed by atoms with E-state index in [2.05, 4.69) is 0 Å². The Morgan fingerprint density at radius 1 is 1.22 bits per heavy atom. The van der Waals surface area contributed by atoms with Crippen LogP contribution in [0.5, 0.6) is 5.75 Å². The number of carbonyl (C=O) groups is 2. The molecule has 1 aliphatic rings. The Kier molecular flexibility index (Phi) is 3.50. The highest BCUT2D eigenvalue weighted by molar-refractivity contribution is 5.92. The van der Waals surface area contributed by atoms with Crippen molar-refractivity contribution in [3.05, 3.63) is 29.8 Å². The van der Waals surface area contributed by atoms with Crippen LogP contribution in [-0.2, 0) is 15.0 Å². The molecule has 1 aliphatic carbocycles. The number of para-hydroxylation sites is 1. The molecule has 1 aromatic rings. The van der Waals surface area contributed by atoms with Gasteiger partial charge in [-0.15, -0.1) is 0 Å². The lowest BCUT2D eigenvalue weighted by Gasteiger charge is -2.35. The molecule has 0 unspecified atom stereocenters. The predicted molar refractivity (Wildman–Crippen MR) is 68.8 cm³/mol. The van der Waals surface area contributed by atoms with E-state index in [1.165, 1.54) is 0 Å². The van der Waals surface area contributed by atoms with E-state index in [1.807, 2.05) is 24.3 Å². The quantitative estimate of drug-likeness (QED) is 0.823. The second-order valence-electron chi connectivity index (χ2n) is 4.88. The molecule has 1 fully saturated rings. The van der Waals surface area contributed by atoms with Crippen molar-refractivity contribution >= 4 is 11.6 Å². The van der Waals surface area contributed by atoms with Crippen LogP contribution in [0.3, 0.4) is 0 Å². The third kappa shape index (κ3) is 2.05. The van der Waals surface area contributed by atoms with Crippen LogP contribution in [0.1, 0.15) is 38.2 Å². The van der Waals surface area contributed by atoms with E-state index >= 15 is 0 Å². The summed E-state index contributed by atoms with van der Waals surface area (Å²) < 4.78 is 5.36. The van der Waals surface area contributed by atoms with Crippen molar-refractivity contribution < 1.29 is 14.3 Å². The van der Waals surface area contributed by atoms with Crippen LogP contribution < -0.4 is 4.74 Å². The number of ether oxygens (including phenoxy) is 1. The van der Waals surface area contributed by atoms with Crippen LogP contribution in [0.25, 0.3) is 0 Å². The minimum atomic E-state index is -0.541. The van der Waals surface area contributed by atoms with Gasteiger partial charge in [-0.25, -0.2) is 0 Å². The number of methoxy groups -OCH3 is 1. The van der Waals surface area contributed by atoms with Gasteiger partial charge in [-0.2, -0.15) is 0 Å². The molecule has 0 radical (unpaired) electrons. The summed E-state index contributed by atoms with van der Waals surface area (Å²) in [6.45, 7) is 1.61. The molecule has 0 spiro atoms. The van der Waals surface area contributed by atoms with Crippen molar-refractivity contribution in [3.8, 4) is 5.75 Å². The molecular formula is C15H18O3. The number of hydrogen-bond acceptors (Lipinski definition) is 3. The zero-order valence-electron chi connectivity index (χ0n) is 10.9. The van der Waals surface area contributed by atoms with Crippen molar-refractivity contribution in [3.63, 3.8) is 0 Å². The highest BCUT2D eigenvalue weighted by atomic mass is 16.5. The Morgan fingerprint density at radius 3 is 2.39 bits per heavy atom. The minimum Gasteiger partial charge on any atom is -0.496 e. The van der Waals surface area contributed by atoms with E-state index < -0.39 is 5.41 Å². The van der Waals surface area contributed by atoms with Gasteiger partial charge in [-0.05, 0) is 25.8 Å². The van der Waals surface area contributed by atoms with Crippen molar-refractivity contribution in [2.45, 2.75) is 38.0 Å². The van der Waals surface area contributed by atoms with Crippen LogP contribution in [0.4, 0.5) is 0 Å². The first-order valence-electron chi connectivity index (χ1n) is 6.26. The van der Waals surface area contributed by atoms with E-state index in [9.17, 15) is 9.59 Å². The van der Waals surface area contributed by atoms with Crippen LogP contribution in [0.15, 0.2) is 24.3 Å². The summed E-state index contributed by atoms with van der Waals surface area (Å²) in [6.07, 6.45) is 2.17. The number of rotatable bonds is 3. The van der Waals surface area contributed by atoms with Gasteiger partial charge in [0.05, 0.1) is 12.5 Å². The molecule has 0 atom stereocenters. The minimum absolute atomic E-state index is 0.125. The van der Waals surface area contributed by atoms with Gasteiger partial charge in [0.25, 0.3) is 0 Å². The first-order chi connectivity index (χ1) is 8.60. The summed E-state index contributed by atoms with van der Waals surface area (Å²) in [7, 11) is 1.61. The van der Waals surface area contributed by atoms with Crippen LogP contribution in [0, 0.1) is 0 Å². The average Bonchev–Trinajstić information content (AvgIpc) is 2.39. The fourth-order valence-corrected chi connectivity index (χ4v) is 2.81. The number of hydrogen-bond donors (Lipinski definition) is 0. The Hall–Kier alpha value is -1.64. The lowest BCUT2D eigenvalue weighted by atomic mass is 9.66. The lowest BCUT2D eigenvalue weighted by Crippen LogP contribution is -2.38. The Bertz CT molecular complexity index is 466. The molecule has 3 heteroatoms. The molecule has 0 N–H and O–H groups in total. The van der Waals surface area contributed by atoms with Crippen molar-refractivity contribution in [2.75, 3.05) is 7.11 Å². The highest BCUT2D eigenvalue weighted by Crippen LogP contribution is 2.42. The normalized spacial score (nSPS) is 18.4. The van der Waals surface area contributed by atoms with Gasteiger partial charge in [-0.1, -0.05) is 18.2 Å². The largest absolute Gasteiger partial charge is 0.496 e. The fraction of sp³-hybridized carbons (Fsp3) is 0.467. The highest BCUT2D eigenvalue weighted by Gasteiger charge is 2.42. The second-order valence-corrected chi connectivity index (χ2v) is 4.88. The van der Waals surface area contributed by atoms with E-state index in [0.29, 0.717) is 25.7 Å². The average molecular weight is 246 g/mol. The van der Waals surface area contributed by atoms with Gasteiger partial charge in [0.1, 0.15) is 17.3 Å². The van der Waals surface area contributed by atoms with Gasteiger partial charge >= 0.3 is 0 Å². The zero-order valence-corrected chi connectivity index (χ0v) is 10.9. The smallest absolute Gasteiger partial charge is 0.140 e. The lowest BCUT2D eigenvalue weighted by molar-refractivity contribution is -0.127. The number of ketones is 2. The maximum absolute atomic E-state index is 12.1. The van der Waals surface area contributed by atoms with Crippen LogP contribution in [-0.4, -0.2) is 18.7 Å². The Balaban J connectivity index is 2.47. The molecule has 18 heavy (non-hydrogen) atoms. The number of carbonyl (C=O) groups excluding carboxylic acids is 2. The first kappa shape index (κ1) is 12.8. The van der Waals surface area contributed by atoms with Crippen molar-refractivity contribution in [1.29, 1.82) is 0 Å². The summed E-state index contributed by atoms with van der Waals surface area (Å²) in [5.41, 5.74) is 0.382. The standard InChI is InChI=1S/C15H18O3/c1-11(16)15(9-7-12(17)8-10-15)13-5-3-4-6-14(13)18-2/h3-6H,7-10H2,1-2H3. The van der Waals surface area contributed by atoms with Gasteiger partial charge in [-0.3, -0.25) is 9.59 Å². The third-order valence-corrected chi connectivity index (χ3v) is 3.96. The molecule has 1 saturated carbocycles. The number of Topliss-reactive ketones (excluding diaryl/α,β-unsaturated/α-hetero) is 2. The van der Waals surface area contributed by atoms with Crippen LogP contribution >= 0.6 is 0 Å². The molecule has 0 heterocycles. The topological polar surface area (TPSA) is 43.4 Å². The SMILES string of the molecule is COc1ccccc1C1(C(C)=O)CCC(=O)CC1. The summed E-state index contributed by atoms with van der Waals surface area (Å²) in [4.78, 5) is 23.5. The Labute approximate surface area is 107 Å². The molecule has 0 bridgehead atoms. The summed E-state index contributed by atoms with van der Waals surface area (Å²) in [5, 5.41) is 0. The molecule has 2 rings (SSSR count). The molecule has 3 nitrogen and oxygen atoms in total. The van der Waals surface area contributed by atoms with Crippen molar-refractivity contribution in [1.82, 2.24) is 0 Å². The molecule has 0 amide bonds. The second kappa shape index (κ2) is 4.92. The van der Waals surface area contributed by atoms with Crippen LogP contribution in [0.2, 0.25) is 0 Å². The molecule has 0 aromatic heterocycles. The van der Waals surface area contributed by atoms with Gasteiger partial charge in [0, 0.05) is 18.4 Å². The van der Waals surface area contributed by atoms with E-state index in [4.69, 9.17) is 4.74 Å². The zero-order chi connectivity index (χ0) is 13.2. The fourth-order valence-electron chi connectivity index (χ4n) is 2.81.